The van der Waals surface area contributed by atoms with E-state index in [4.69, 9.17) is 88.2 Å². The number of nitrogens with zero attached hydrogens (tertiary/aromatic N) is 4. The molecule has 1 amide bonds. The Balaban J connectivity index is 0.000000696. The van der Waals surface area contributed by atoms with Crippen molar-refractivity contribution >= 4 is 131 Å². The summed E-state index contributed by atoms with van der Waals surface area (Å²) in [5.41, 5.74) is 25.7. The second-order valence-corrected chi connectivity index (χ2v) is 27.4. The Labute approximate surface area is 692 Å². The van der Waals surface area contributed by atoms with Crippen molar-refractivity contribution in [2.24, 2.45) is 26.2 Å². The molecule has 9 rings (SSSR count). The fraction of sp³-hybridized carbons (Fsp3) is 0.154. The smallest absolute Gasteiger partial charge is 0.339 e. The van der Waals surface area contributed by atoms with E-state index in [1.54, 1.807) is 72.8 Å². The van der Waals surface area contributed by atoms with Gasteiger partial charge in [0.05, 0.1) is 54.4 Å². The number of aromatic hydroxyl groups is 6. The molecule has 650 valence electrons. The number of aromatic carboxylic acids is 6. The summed E-state index contributed by atoms with van der Waals surface area (Å²) in [6.07, 6.45) is 0.346. The summed E-state index contributed by atoms with van der Waals surface area (Å²) in [4.78, 5) is 127. The minimum Gasteiger partial charge on any atom is -0.507 e. The number of azo groups is 2. The van der Waals surface area contributed by atoms with Gasteiger partial charge in [-0.15, -0.1) is 0 Å². The largest absolute Gasteiger partial charge is 0.507 e. The standard InChI is InChI=1S/C15H12N2O5.C10H11NO3.2C10H10O4.C9H10N2O6S.C8H9NO2.2C7H7NO3.C2H7NO3S/c18-13-6-5-11(8-12(13)15(21)22)17-16-10-3-1-9(2-4-10)7-14(19)20;1-7(12)11-9-4-2-8(3-5-9)6-10(13)14;2*1-6(11)4-7-2-3-9(12)8(5-7)10(13)14;12-8-2-1-6(5-7(8)9(13)14)11-10-3-4-18(15,16)17;9-7-3-1-6(2-4-7)5-8(10)11;2*8-4-1-2-6(9)5(3-4)7(10)11;3-1-2-7(4,5)6/h1-6,8,18H,7H2,(H,19,20)(H,21,22);2-5H,6H2,1H3,(H,11,12)(H,13,14);2*2-3,5,12H,4H2,1H3,(H,13,14);1-2,5,12H,3-4H2,(H,13,14)(H,15,16,17);1-4H,5,9H2,(H,10,11);2*1-3,9H,8H2,(H,10,11);1-3H2,(H,4,5,6). The van der Waals surface area contributed by atoms with Crippen molar-refractivity contribution in [3.8, 4) is 34.5 Å². The van der Waals surface area contributed by atoms with Gasteiger partial charge in [0.1, 0.15) is 79.4 Å². The lowest BCUT2D eigenvalue weighted by atomic mass is 10.1. The molecule has 0 unspecified atom stereocenters. The first kappa shape index (κ1) is 104. The van der Waals surface area contributed by atoms with Crippen LogP contribution in [0.1, 0.15) is 111 Å². The topological polar surface area (TPSA) is 783 Å². The molecule has 9 aromatic carbocycles. The van der Waals surface area contributed by atoms with Crippen molar-refractivity contribution in [2.75, 3.05) is 47.1 Å². The van der Waals surface area contributed by atoms with Crippen LogP contribution in [0, 0.1) is 0 Å². The average molecular weight is 1740 g/mol. The molecule has 44 heteroatoms. The van der Waals surface area contributed by atoms with Gasteiger partial charge in [0.15, 0.2) is 0 Å². The maximum Gasteiger partial charge on any atom is 0.339 e. The van der Waals surface area contributed by atoms with Gasteiger partial charge in [-0.25, -0.2) is 28.8 Å². The molecular weight excluding hydrogens is 1660 g/mol. The summed E-state index contributed by atoms with van der Waals surface area (Å²) >= 11 is 0. The van der Waals surface area contributed by atoms with Crippen molar-refractivity contribution < 1.29 is 160 Å². The van der Waals surface area contributed by atoms with Gasteiger partial charge >= 0.3 is 53.7 Å². The number of nitrogens with one attached hydrogen (secondary N) is 1. The van der Waals surface area contributed by atoms with Crippen molar-refractivity contribution in [3.63, 3.8) is 0 Å². The van der Waals surface area contributed by atoms with Crippen LogP contribution in [0.5, 0.6) is 34.5 Å². The van der Waals surface area contributed by atoms with Crippen LogP contribution in [-0.2, 0) is 81.1 Å². The van der Waals surface area contributed by atoms with Gasteiger partial charge in [0.25, 0.3) is 20.2 Å². The zero-order chi connectivity index (χ0) is 92.9. The number of carbonyl (C=O) groups is 12. The van der Waals surface area contributed by atoms with E-state index in [1.165, 1.54) is 118 Å². The van der Waals surface area contributed by atoms with E-state index < -0.39 is 85.5 Å². The van der Waals surface area contributed by atoms with Crippen LogP contribution in [0.2, 0.25) is 0 Å². The molecule has 26 N–H and O–H groups in total. The molecule has 0 fully saturated rings. The predicted molar refractivity (Wildman–Crippen MR) is 435 cm³/mol. The first-order valence-corrected chi connectivity index (χ1v) is 37.2. The zero-order valence-corrected chi connectivity index (χ0v) is 65.9. The third kappa shape index (κ3) is 44.9. The first-order valence-electron chi connectivity index (χ1n) is 34.0. The monoisotopic (exact) mass is 1740 g/mol. The highest BCUT2D eigenvalue weighted by Crippen LogP contribution is 2.28. The van der Waals surface area contributed by atoms with Crippen LogP contribution in [0.25, 0.3) is 0 Å². The number of nitrogens with two attached hydrogens (primary N) is 4. The van der Waals surface area contributed by atoms with Crippen LogP contribution in [0.15, 0.2) is 202 Å². The maximum atomic E-state index is 10.9. The van der Waals surface area contributed by atoms with E-state index in [-0.39, 0.29) is 142 Å². The zero-order valence-electron chi connectivity index (χ0n) is 64.2. The Bertz CT molecular complexity index is 5310. The van der Waals surface area contributed by atoms with Crippen LogP contribution >= 0.6 is 0 Å². The number of Topliss-reactive ketones (excluding diaryl/α,β-unsaturated/α-hetero) is 2. The number of rotatable bonds is 25. The van der Waals surface area contributed by atoms with E-state index in [2.05, 4.69) is 25.8 Å². The number of carboxylic acid groups (broad SMARTS) is 9. The first-order chi connectivity index (χ1) is 56.8. The fourth-order valence-corrected chi connectivity index (χ4v) is 9.18. The number of phenols is 6. The van der Waals surface area contributed by atoms with Gasteiger partial charge in [-0.1, -0.05) is 48.5 Å². The summed E-state index contributed by atoms with van der Waals surface area (Å²) in [5, 5.41) is 150. The van der Waals surface area contributed by atoms with E-state index in [1.807, 2.05) is 0 Å². The average Bonchev–Trinajstić information content (AvgIpc) is 0.859. The third-order valence-corrected chi connectivity index (χ3v) is 15.4. The predicted octanol–water partition coefficient (Wildman–Crippen LogP) is 8.98. The summed E-state index contributed by atoms with van der Waals surface area (Å²) in [6.45, 7) is 3.99. The normalized spacial score (nSPS) is 10.2. The number of anilines is 4. The van der Waals surface area contributed by atoms with Crippen LogP contribution in [0.3, 0.4) is 0 Å². The Morgan fingerprint density at radius 1 is 0.320 bits per heavy atom. The van der Waals surface area contributed by atoms with Gasteiger partial charge in [-0.3, -0.25) is 37.9 Å². The molecule has 0 heterocycles. The minimum absolute atomic E-state index is 0.000349. The van der Waals surface area contributed by atoms with Crippen molar-refractivity contribution in [2.45, 2.75) is 52.9 Å². The molecule has 42 nitrogen and oxygen atoms in total. The Morgan fingerprint density at radius 3 is 0.869 bits per heavy atom. The fourth-order valence-electron chi connectivity index (χ4n) is 8.57. The molecule has 0 aromatic heterocycles. The second-order valence-electron chi connectivity index (χ2n) is 24.3. The second kappa shape index (κ2) is 52.0. The summed E-state index contributed by atoms with van der Waals surface area (Å²) in [7, 11) is -7.89. The molecule has 0 atom stereocenters. The van der Waals surface area contributed by atoms with Gasteiger partial charge in [0, 0.05) is 49.1 Å². The van der Waals surface area contributed by atoms with E-state index in [0.29, 0.717) is 50.7 Å². The molecule has 0 saturated carbocycles. The summed E-state index contributed by atoms with van der Waals surface area (Å²) < 4.78 is 56.5. The maximum absolute atomic E-state index is 10.9. The molecule has 122 heavy (non-hydrogen) atoms. The quantitative estimate of drug-likeness (QED) is 0.0110. The Kier molecular flexibility index (Phi) is 44.4. The number of carboxylic acids is 9. The number of carbonyl (C=O) groups excluding carboxylic acids is 3. The van der Waals surface area contributed by atoms with Crippen molar-refractivity contribution in [3.05, 3.63) is 243 Å². The summed E-state index contributed by atoms with van der Waals surface area (Å²) in [5.74, 6) is -13.0. The van der Waals surface area contributed by atoms with Crippen molar-refractivity contribution in [1.82, 2.24) is 0 Å². The highest BCUT2D eigenvalue weighted by molar-refractivity contribution is 7.86. The number of hydrogen-bond donors (Lipinski definition) is 22. The molecule has 0 bridgehead atoms. The van der Waals surface area contributed by atoms with Crippen molar-refractivity contribution in [1.29, 1.82) is 0 Å². The molecule has 0 spiro atoms. The third-order valence-electron chi connectivity index (χ3n) is 14.0. The van der Waals surface area contributed by atoms with Gasteiger partial charge < -0.3 is 105 Å². The van der Waals surface area contributed by atoms with Gasteiger partial charge in [-0.05, 0) is 175 Å². The van der Waals surface area contributed by atoms with E-state index >= 15 is 0 Å². The minimum atomic E-state index is -4.09. The lowest BCUT2D eigenvalue weighted by molar-refractivity contribution is -0.137. The number of ketones is 2. The number of benzene rings is 9. The SMILES string of the molecule is CC(=O)Cc1ccc(O)c(C(=O)O)c1.CC(=O)Cc1ccc(O)c(C(=O)O)c1.CC(=O)Nc1ccc(CC(=O)O)cc1.NCCS(=O)(=O)O.Nc1ccc(CC(=O)O)cc1.Nc1ccc(O)c(C(=O)O)c1.Nc1ccc(O)c(C(=O)O)c1.O=C(O)Cc1ccc(N=Nc2ccc(O)c(C(=O)O)c2)cc1.O=C(O)c1cc(N=NCCS(=O)(=O)O)ccc1O. The number of amides is 1. The van der Waals surface area contributed by atoms with Gasteiger partial charge in [0.2, 0.25) is 5.91 Å². The van der Waals surface area contributed by atoms with E-state index in [9.17, 15) is 94.8 Å². The number of hydrogen-bond acceptors (Lipinski definition) is 30. The Hall–Kier alpha value is -15.8. The van der Waals surface area contributed by atoms with E-state index in [0.717, 1.165) is 17.7 Å². The lowest BCUT2D eigenvalue weighted by Gasteiger charge is -2.02. The van der Waals surface area contributed by atoms with Crippen LogP contribution in [-0.4, -0.2) is 198 Å². The molecule has 0 aliphatic rings. The molecule has 0 radical (unpaired) electrons. The van der Waals surface area contributed by atoms with Crippen LogP contribution in [0.4, 0.5) is 39.8 Å². The number of nitrogen functional groups attached to an aromatic ring is 3. The molecule has 9 aromatic rings. The highest BCUT2D eigenvalue weighted by Gasteiger charge is 2.16. The van der Waals surface area contributed by atoms with Gasteiger partial charge in [-0.2, -0.15) is 37.3 Å². The molecular formula is C78H83N9O33S2. The molecule has 0 aliphatic carbocycles. The molecule has 0 saturated heterocycles. The number of aliphatic carboxylic acids is 3. The van der Waals surface area contributed by atoms with Crippen LogP contribution < -0.4 is 28.3 Å². The Morgan fingerprint density at radius 2 is 0.582 bits per heavy atom. The highest BCUT2D eigenvalue weighted by atomic mass is 32.2. The molecule has 0 aliphatic heterocycles. The summed E-state index contributed by atoms with van der Waals surface area (Å²) in [6, 6.07) is 43.4. The lowest BCUT2D eigenvalue weighted by Crippen LogP contribution is -2.13.